The number of hydrogen-bond acceptors (Lipinski definition) is 2. The lowest BCUT2D eigenvalue weighted by atomic mass is 10.1. The molecule has 1 amide bonds. The fraction of sp³-hybridized carbons (Fsp3) is 0.0588. The van der Waals surface area contributed by atoms with Crippen molar-refractivity contribution in [3.05, 3.63) is 77.6 Å². The Morgan fingerprint density at radius 1 is 1.14 bits per heavy atom. The minimum absolute atomic E-state index is 0.0749. The number of nitrogens with zero attached hydrogens (tertiary/aromatic N) is 2. The average molecular weight is 312 g/mol. The number of anilines is 1. The maximum atomic E-state index is 12.0. The van der Waals surface area contributed by atoms with Crippen LogP contribution in [0, 0.1) is 0 Å². The number of halogens is 1. The van der Waals surface area contributed by atoms with Crippen molar-refractivity contribution in [2.24, 2.45) is 0 Å². The zero-order valence-electron chi connectivity index (χ0n) is 11.7. The van der Waals surface area contributed by atoms with Gasteiger partial charge in [0, 0.05) is 23.1 Å². The van der Waals surface area contributed by atoms with Crippen LogP contribution in [0.5, 0.6) is 0 Å². The molecule has 0 saturated carbocycles. The first-order valence-corrected chi connectivity index (χ1v) is 7.23. The van der Waals surface area contributed by atoms with E-state index in [1.54, 1.807) is 29.1 Å². The fourth-order valence-corrected chi connectivity index (χ4v) is 2.34. The molecule has 0 bridgehead atoms. The average Bonchev–Trinajstić information content (AvgIpc) is 3.02. The molecule has 0 spiro atoms. The molecule has 5 heteroatoms. The highest BCUT2D eigenvalue weighted by atomic mass is 35.5. The summed E-state index contributed by atoms with van der Waals surface area (Å²) in [7, 11) is 0. The zero-order valence-corrected chi connectivity index (χ0v) is 12.5. The summed E-state index contributed by atoms with van der Waals surface area (Å²) in [6.07, 6.45) is 3.92. The Morgan fingerprint density at radius 2 is 1.95 bits per heavy atom. The molecule has 0 radical (unpaired) electrons. The molecule has 4 nitrogen and oxygen atoms in total. The molecule has 0 aliphatic rings. The van der Waals surface area contributed by atoms with Crippen molar-refractivity contribution < 1.29 is 4.79 Å². The molecule has 3 aromatic rings. The van der Waals surface area contributed by atoms with Crippen molar-refractivity contribution in [1.82, 2.24) is 9.78 Å². The van der Waals surface area contributed by atoms with Crippen molar-refractivity contribution in [3.63, 3.8) is 0 Å². The monoisotopic (exact) mass is 311 g/mol. The highest BCUT2D eigenvalue weighted by molar-refractivity contribution is 6.30. The Balaban J connectivity index is 1.64. The van der Waals surface area contributed by atoms with Gasteiger partial charge in [-0.05, 0) is 42.0 Å². The molecule has 0 aliphatic heterocycles. The SMILES string of the molecule is O=C(Cc1ccc(-n2cccn2)cc1)Nc1cccc(Cl)c1. The molecule has 0 aliphatic carbocycles. The number of amides is 1. The summed E-state index contributed by atoms with van der Waals surface area (Å²) in [5.41, 5.74) is 2.60. The number of hydrogen-bond donors (Lipinski definition) is 1. The van der Waals surface area contributed by atoms with Crippen LogP contribution in [0.2, 0.25) is 5.02 Å². The van der Waals surface area contributed by atoms with Crippen LogP contribution in [0.25, 0.3) is 5.69 Å². The van der Waals surface area contributed by atoms with Crippen molar-refractivity contribution >= 4 is 23.2 Å². The van der Waals surface area contributed by atoms with E-state index in [1.807, 2.05) is 42.6 Å². The van der Waals surface area contributed by atoms with E-state index in [2.05, 4.69) is 10.4 Å². The first-order valence-electron chi connectivity index (χ1n) is 6.85. The number of benzene rings is 2. The van der Waals surface area contributed by atoms with Crippen molar-refractivity contribution in [3.8, 4) is 5.69 Å². The summed E-state index contributed by atoms with van der Waals surface area (Å²) in [4.78, 5) is 12.0. The van der Waals surface area contributed by atoms with Crippen LogP contribution in [0.3, 0.4) is 0 Å². The van der Waals surface area contributed by atoms with Crippen molar-refractivity contribution in [1.29, 1.82) is 0 Å². The quantitative estimate of drug-likeness (QED) is 0.798. The Kier molecular flexibility index (Phi) is 4.21. The molecule has 0 atom stereocenters. The molecule has 0 unspecified atom stereocenters. The molecular weight excluding hydrogens is 298 g/mol. The lowest BCUT2D eigenvalue weighted by molar-refractivity contribution is -0.115. The summed E-state index contributed by atoms with van der Waals surface area (Å²) in [6, 6.07) is 16.7. The number of nitrogens with one attached hydrogen (secondary N) is 1. The van der Waals surface area contributed by atoms with Crippen molar-refractivity contribution in [2.75, 3.05) is 5.32 Å². The highest BCUT2D eigenvalue weighted by Crippen LogP contribution is 2.15. The van der Waals surface area contributed by atoms with Crippen LogP contribution in [0.15, 0.2) is 67.0 Å². The number of rotatable bonds is 4. The van der Waals surface area contributed by atoms with Gasteiger partial charge in [0.1, 0.15) is 0 Å². The second-order valence-corrected chi connectivity index (χ2v) is 5.29. The standard InChI is InChI=1S/C17H14ClN3O/c18-14-3-1-4-15(12-14)20-17(22)11-13-5-7-16(8-6-13)21-10-2-9-19-21/h1-10,12H,11H2,(H,20,22). The van der Waals surface area contributed by atoms with E-state index in [4.69, 9.17) is 11.6 Å². The van der Waals surface area contributed by atoms with E-state index in [0.29, 0.717) is 17.1 Å². The lowest BCUT2D eigenvalue weighted by Crippen LogP contribution is -2.14. The van der Waals surface area contributed by atoms with Crippen LogP contribution < -0.4 is 5.32 Å². The molecule has 1 heterocycles. The van der Waals surface area contributed by atoms with Gasteiger partial charge in [-0.25, -0.2) is 4.68 Å². The molecule has 0 saturated heterocycles. The third kappa shape index (κ3) is 3.54. The third-order valence-corrected chi connectivity index (χ3v) is 3.41. The summed E-state index contributed by atoms with van der Waals surface area (Å²) >= 11 is 5.90. The van der Waals surface area contributed by atoms with Crippen LogP contribution in [-0.4, -0.2) is 15.7 Å². The maximum Gasteiger partial charge on any atom is 0.228 e. The predicted octanol–water partition coefficient (Wildman–Crippen LogP) is 3.71. The highest BCUT2D eigenvalue weighted by Gasteiger charge is 2.05. The smallest absolute Gasteiger partial charge is 0.228 e. The van der Waals surface area contributed by atoms with E-state index in [0.717, 1.165) is 11.3 Å². The van der Waals surface area contributed by atoms with Crippen molar-refractivity contribution in [2.45, 2.75) is 6.42 Å². The van der Waals surface area contributed by atoms with Gasteiger partial charge in [0.15, 0.2) is 0 Å². The van der Waals surface area contributed by atoms with Gasteiger partial charge in [-0.1, -0.05) is 29.8 Å². The summed E-state index contributed by atoms with van der Waals surface area (Å²) < 4.78 is 1.77. The van der Waals surface area contributed by atoms with Gasteiger partial charge in [-0.2, -0.15) is 5.10 Å². The van der Waals surface area contributed by atoms with Crippen LogP contribution in [0.1, 0.15) is 5.56 Å². The Hall–Kier alpha value is -2.59. The minimum Gasteiger partial charge on any atom is -0.326 e. The Labute approximate surface area is 133 Å². The Bertz CT molecular complexity index is 767. The van der Waals surface area contributed by atoms with Crippen LogP contribution in [-0.2, 0) is 11.2 Å². The number of carbonyl (C=O) groups excluding carboxylic acids is 1. The molecule has 22 heavy (non-hydrogen) atoms. The summed E-state index contributed by atoms with van der Waals surface area (Å²) in [6.45, 7) is 0. The summed E-state index contributed by atoms with van der Waals surface area (Å²) in [5.74, 6) is -0.0749. The predicted molar refractivity (Wildman–Crippen MR) is 87.3 cm³/mol. The maximum absolute atomic E-state index is 12.0. The molecular formula is C17H14ClN3O. The van der Waals surface area contributed by atoms with Gasteiger partial charge in [-0.15, -0.1) is 0 Å². The second-order valence-electron chi connectivity index (χ2n) is 4.85. The van der Waals surface area contributed by atoms with Gasteiger partial charge >= 0.3 is 0 Å². The molecule has 2 aromatic carbocycles. The zero-order chi connectivity index (χ0) is 15.4. The van der Waals surface area contributed by atoms with Gasteiger partial charge in [-0.3, -0.25) is 4.79 Å². The van der Waals surface area contributed by atoms with Crippen LogP contribution in [0.4, 0.5) is 5.69 Å². The first-order chi connectivity index (χ1) is 10.7. The molecule has 110 valence electrons. The van der Waals surface area contributed by atoms with Gasteiger partial charge in [0.2, 0.25) is 5.91 Å². The van der Waals surface area contributed by atoms with E-state index in [-0.39, 0.29) is 5.91 Å². The number of carbonyl (C=O) groups is 1. The largest absolute Gasteiger partial charge is 0.326 e. The topological polar surface area (TPSA) is 46.9 Å². The molecule has 1 N–H and O–H groups in total. The molecule has 0 fully saturated rings. The van der Waals surface area contributed by atoms with Gasteiger partial charge in [0.25, 0.3) is 0 Å². The normalized spacial score (nSPS) is 10.4. The van der Waals surface area contributed by atoms with Gasteiger partial charge in [0.05, 0.1) is 12.1 Å². The Morgan fingerprint density at radius 3 is 2.64 bits per heavy atom. The fourth-order valence-electron chi connectivity index (χ4n) is 2.14. The lowest BCUT2D eigenvalue weighted by Gasteiger charge is -2.07. The van der Waals surface area contributed by atoms with Gasteiger partial charge < -0.3 is 5.32 Å². The summed E-state index contributed by atoms with van der Waals surface area (Å²) in [5, 5.41) is 7.60. The van der Waals surface area contributed by atoms with E-state index < -0.39 is 0 Å². The first kappa shape index (κ1) is 14.4. The molecule has 3 rings (SSSR count). The third-order valence-electron chi connectivity index (χ3n) is 3.18. The molecule has 1 aromatic heterocycles. The second kappa shape index (κ2) is 6.45. The van der Waals surface area contributed by atoms with E-state index >= 15 is 0 Å². The van der Waals surface area contributed by atoms with Crippen LogP contribution >= 0.6 is 11.6 Å². The minimum atomic E-state index is -0.0749. The van der Waals surface area contributed by atoms with E-state index in [1.165, 1.54) is 0 Å². The van der Waals surface area contributed by atoms with E-state index in [9.17, 15) is 4.79 Å². The number of aromatic nitrogens is 2.